The van der Waals surface area contributed by atoms with E-state index in [1.54, 1.807) is 0 Å². The number of hydrogen-bond acceptors (Lipinski definition) is 7. The van der Waals surface area contributed by atoms with Crippen molar-refractivity contribution in [2.75, 3.05) is 5.32 Å². The Morgan fingerprint density at radius 3 is 2.67 bits per heavy atom. The molecule has 0 aliphatic carbocycles. The van der Waals surface area contributed by atoms with Crippen LogP contribution in [-0.4, -0.2) is 32.9 Å². The van der Waals surface area contributed by atoms with Gasteiger partial charge in [-0.2, -0.15) is 0 Å². The number of benzene rings is 1. The number of nitrogens with zero attached hydrogens (tertiary/aromatic N) is 3. The number of aromatic nitrogens is 3. The quantitative estimate of drug-likeness (QED) is 0.657. The van der Waals surface area contributed by atoms with Crippen molar-refractivity contribution in [3.8, 4) is 11.3 Å². The number of amides is 1. The van der Waals surface area contributed by atoms with Crippen LogP contribution in [0.3, 0.4) is 0 Å². The van der Waals surface area contributed by atoms with Crippen LogP contribution in [0.1, 0.15) is 29.9 Å². The molecule has 138 valence electrons. The average Bonchev–Trinajstić information content (AvgIpc) is 3.17. The SMILES string of the molecule is CCc1ccc(-c2csc(NC(=O)[C@H](C)OC(=O)c3cnccn3)n2)cc1. The first-order chi connectivity index (χ1) is 13.1. The molecule has 0 aliphatic rings. The number of nitrogens with one attached hydrogen (secondary N) is 1. The fourth-order valence-corrected chi connectivity index (χ4v) is 2.98. The van der Waals surface area contributed by atoms with Crippen LogP contribution in [0.2, 0.25) is 0 Å². The number of hydrogen-bond donors (Lipinski definition) is 1. The lowest BCUT2D eigenvalue weighted by Crippen LogP contribution is -2.30. The van der Waals surface area contributed by atoms with Crippen LogP contribution in [-0.2, 0) is 16.0 Å². The van der Waals surface area contributed by atoms with Crippen molar-refractivity contribution < 1.29 is 14.3 Å². The smallest absolute Gasteiger partial charge is 0.359 e. The Hall–Kier alpha value is -3.13. The van der Waals surface area contributed by atoms with Crippen LogP contribution < -0.4 is 5.32 Å². The van der Waals surface area contributed by atoms with E-state index < -0.39 is 18.0 Å². The monoisotopic (exact) mass is 382 g/mol. The largest absolute Gasteiger partial charge is 0.448 e. The van der Waals surface area contributed by atoms with Crippen molar-refractivity contribution in [1.82, 2.24) is 15.0 Å². The second kappa shape index (κ2) is 8.50. The lowest BCUT2D eigenvalue weighted by Gasteiger charge is -2.11. The standard InChI is InChI=1S/C19H18N4O3S/c1-3-13-4-6-14(7-5-13)16-11-27-19(22-16)23-17(24)12(2)26-18(25)15-10-20-8-9-21-15/h4-12H,3H2,1-2H3,(H,22,23,24)/t12-/m0/s1. The van der Waals surface area contributed by atoms with Gasteiger partial charge in [0.05, 0.1) is 11.9 Å². The molecule has 0 saturated heterocycles. The molecule has 0 radical (unpaired) electrons. The molecule has 3 aromatic rings. The number of esters is 1. The third-order valence-corrected chi connectivity index (χ3v) is 4.58. The Bertz CT molecular complexity index is 926. The molecule has 0 spiro atoms. The van der Waals surface area contributed by atoms with Crippen LogP contribution in [0, 0.1) is 0 Å². The van der Waals surface area contributed by atoms with Crippen LogP contribution in [0.4, 0.5) is 5.13 Å². The maximum atomic E-state index is 12.3. The second-order valence-corrected chi connectivity index (χ2v) is 6.57. The van der Waals surface area contributed by atoms with Crippen molar-refractivity contribution in [3.05, 3.63) is 59.5 Å². The highest BCUT2D eigenvalue weighted by atomic mass is 32.1. The first kappa shape index (κ1) is 18.7. The fraction of sp³-hybridized carbons (Fsp3) is 0.211. The minimum absolute atomic E-state index is 0.0456. The maximum Gasteiger partial charge on any atom is 0.359 e. The molecule has 1 N–H and O–H groups in total. The highest BCUT2D eigenvalue weighted by Gasteiger charge is 2.21. The van der Waals surface area contributed by atoms with E-state index in [0.29, 0.717) is 5.13 Å². The van der Waals surface area contributed by atoms with Crippen molar-refractivity contribution in [3.63, 3.8) is 0 Å². The molecule has 2 aromatic heterocycles. The van der Waals surface area contributed by atoms with E-state index in [0.717, 1.165) is 17.7 Å². The maximum absolute atomic E-state index is 12.3. The van der Waals surface area contributed by atoms with Gasteiger partial charge in [0.1, 0.15) is 0 Å². The Morgan fingerprint density at radius 2 is 2.00 bits per heavy atom. The van der Waals surface area contributed by atoms with Gasteiger partial charge in [0.15, 0.2) is 16.9 Å². The molecule has 0 saturated carbocycles. The van der Waals surface area contributed by atoms with Gasteiger partial charge in [0.2, 0.25) is 0 Å². The highest BCUT2D eigenvalue weighted by molar-refractivity contribution is 7.14. The predicted molar refractivity (Wildman–Crippen MR) is 102 cm³/mol. The molecule has 0 unspecified atom stereocenters. The summed E-state index contributed by atoms with van der Waals surface area (Å²) < 4.78 is 5.11. The topological polar surface area (TPSA) is 94.1 Å². The lowest BCUT2D eigenvalue weighted by molar-refractivity contribution is -0.123. The summed E-state index contributed by atoms with van der Waals surface area (Å²) in [4.78, 5) is 36.2. The highest BCUT2D eigenvalue weighted by Crippen LogP contribution is 2.25. The Labute approximate surface area is 160 Å². The Balaban J connectivity index is 1.60. The number of aryl methyl sites for hydroxylation is 1. The van der Waals surface area contributed by atoms with Gasteiger partial charge in [-0.15, -0.1) is 11.3 Å². The van der Waals surface area contributed by atoms with Gasteiger partial charge in [-0.3, -0.25) is 15.1 Å². The normalized spacial score (nSPS) is 11.6. The summed E-state index contributed by atoms with van der Waals surface area (Å²) in [5.74, 6) is -1.17. The van der Waals surface area contributed by atoms with Crippen LogP contribution >= 0.6 is 11.3 Å². The van der Waals surface area contributed by atoms with E-state index in [9.17, 15) is 9.59 Å². The third kappa shape index (κ3) is 4.73. The molecule has 3 rings (SSSR count). The number of ether oxygens (including phenoxy) is 1. The van der Waals surface area contributed by atoms with E-state index in [1.807, 2.05) is 17.5 Å². The number of rotatable bonds is 6. The first-order valence-corrected chi connectivity index (χ1v) is 9.27. The zero-order valence-electron chi connectivity index (χ0n) is 14.9. The minimum Gasteiger partial charge on any atom is -0.448 e. The van der Waals surface area contributed by atoms with Gasteiger partial charge in [-0.1, -0.05) is 31.2 Å². The molecular formula is C19H18N4O3S. The predicted octanol–water partition coefficient (Wildman–Crippen LogP) is 3.35. The molecule has 0 aliphatic heterocycles. The van der Waals surface area contributed by atoms with Crippen molar-refractivity contribution in [2.24, 2.45) is 0 Å². The lowest BCUT2D eigenvalue weighted by atomic mass is 10.1. The summed E-state index contributed by atoms with van der Waals surface area (Å²) in [5, 5.41) is 4.98. The van der Waals surface area contributed by atoms with E-state index in [4.69, 9.17) is 4.74 Å². The summed E-state index contributed by atoms with van der Waals surface area (Å²) in [7, 11) is 0. The molecule has 1 aromatic carbocycles. The number of carbonyl (C=O) groups is 2. The molecule has 8 heteroatoms. The summed E-state index contributed by atoms with van der Waals surface area (Å²) in [6.07, 6.45) is 4.10. The van der Waals surface area contributed by atoms with E-state index in [2.05, 4.69) is 39.3 Å². The number of carbonyl (C=O) groups excluding carboxylic acids is 2. The molecule has 1 amide bonds. The van der Waals surface area contributed by atoms with E-state index in [-0.39, 0.29) is 5.69 Å². The van der Waals surface area contributed by atoms with Gasteiger partial charge in [-0.25, -0.2) is 14.8 Å². The molecule has 27 heavy (non-hydrogen) atoms. The first-order valence-electron chi connectivity index (χ1n) is 8.39. The minimum atomic E-state index is -0.990. The Morgan fingerprint density at radius 1 is 1.22 bits per heavy atom. The third-order valence-electron chi connectivity index (χ3n) is 3.82. The van der Waals surface area contributed by atoms with Gasteiger partial charge >= 0.3 is 5.97 Å². The van der Waals surface area contributed by atoms with Crippen LogP contribution in [0.5, 0.6) is 0 Å². The molecule has 1 atom stereocenters. The molecule has 7 nitrogen and oxygen atoms in total. The summed E-state index contributed by atoms with van der Waals surface area (Å²) in [6.45, 7) is 3.59. The summed E-state index contributed by atoms with van der Waals surface area (Å²) in [6, 6.07) is 8.12. The van der Waals surface area contributed by atoms with Crippen LogP contribution in [0.15, 0.2) is 48.2 Å². The zero-order chi connectivity index (χ0) is 19.2. The van der Waals surface area contributed by atoms with E-state index in [1.165, 1.54) is 42.4 Å². The van der Waals surface area contributed by atoms with Crippen molar-refractivity contribution in [1.29, 1.82) is 0 Å². The van der Waals surface area contributed by atoms with Gasteiger partial charge in [0.25, 0.3) is 5.91 Å². The number of anilines is 1. The molecular weight excluding hydrogens is 364 g/mol. The average molecular weight is 382 g/mol. The Kier molecular flexibility index (Phi) is 5.87. The van der Waals surface area contributed by atoms with Crippen molar-refractivity contribution >= 4 is 28.3 Å². The second-order valence-electron chi connectivity index (χ2n) is 5.72. The fourth-order valence-electron chi connectivity index (χ4n) is 2.26. The van der Waals surface area contributed by atoms with Gasteiger partial charge < -0.3 is 4.74 Å². The molecule has 0 fully saturated rings. The van der Waals surface area contributed by atoms with E-state index >= 15 is 0 Å². The molecule has 2 heterocycles. The molecule has 0 bridgehead atoms. The van der Waals surface area contributed by atoms with Gasteiger partial charge in [0, 0.05) is 23.3 Å². The zero-order valence-corrected chi connectivity index (χ0v) is 15.7. The van der Waals surface area contributed by atoms with Crippen LogP contribution in [0.25, 0.3) is 11.3 Å². The number of thiazole rings is 1. The van der Waals surface area contributed by atoms with Crippen molar-refractivity contribution in [2.45, 2.75) is 26.4 Å². The summed E-state index contributed by atoms with van der Waals surface area (Å²) in [5.41, 5.74) is 3.05. The van der Waals surface area contributed by atoms with Gasteiger partial charge in [-0.05, 0) is 18.9 Å². The summed E-state index contributed by atoms with van der Waals surface area (Å²) >= 11 is 1.31.